The van der Waals surface area contributed by atoms with E-state index in [1.807, 2.05) is 36.4 Å². The van der Waals surface area contributed by atoms with Gasteiger partial charge in [0.15, 0.2) is 5.82 Å². The molecule has 0 saturated carbocycles. The van der Waals surface area contributed by atoms with Crippen molar-refractivity contribution in [3.63, 3.8) is 0 Å². The Morgan fingerprint density at radius 1 is 1.22 bits per heavy atom. The number of nitrogens with one attached hydrogen (secondary N) is 1. The van der Waals surface area contributed by atoms with E-state index in [9.17, 15) is 4.79 Å². The molecule has 27 heavy (non-hydrogen) atoms. The van der Waals surface area contributed by atoms with Crippen molar-refractivity contribution in [1.29, 1.82) is 5.26 Å². The average molecular weight is 443 g/mol. The number of rotatable bonds is 6. The summed E-state index contributed by atoms with van der Waals surface area (Å²) in [5.74, 6) is 6.55. The normalized spacial score (nSPS) is 10.4. The number of thioether (sulfide) groups is 1. The number of nitriles is 1. The first-order valence-electron chi connectivity index (χ1n) is 7.92. The molecule has 1 heterocycles. The number of nitrogen functional groups attached to an aromatic ring is 1. The minimum absolute atomic E-state index is 0.144. The Morgan fingerprint density at radius 2 is 1.96 bits per heavy atom. The lowest BCUT2D eigenvalue weighted by Gasteiger charge is -2.06. The van der Waals surface area contributed by atoms with E-state index in [-0.39, 0.29) is 11.7 Å². The fourth-order valence-corrected chi connectivity index (χ4v) is 3.44. The van der Waals surface area contributed by atoms with E-state index in [2.05, 4.69) is 37.5 Å². The molecule has 136 valence electrons. The summed E-state index contributed by atoms with van der Waals surface area (Å²) in [6, 6.07) is 16.8. The van der Waals surface area contributed by atoms with Gasteiger partial charge in [0.2, 0.25) is 11.1 Å². The van der Waals surface area contributed by atoms with Crippen LogP contribution < -0.4 is 11.2 Å². The molecule has 0 aliphatic heterocycles. The highest BCUT2D eigenvalue weighted by molar-refractivity contribution is 9.10. The average Bonchev–Trinajstić information content (AvgIpc) is 3.03. The van der Waals surface area contributed by atoms with E-state index >= 15 is 0 Å². The van der Waals surface area contributed by atoms with Crippen molar-refractivity contribution in [3.8, 4) is 17.5 Å². The van der Waals surface area contributed by atoms with Gasteiger partial charge in [-0.1, -0.05) is 52.0 Å². The lowest BCUT2D eigenvalue weighted by Crippen LogP contribution is -2.16. The number of halogens is 1. The van der Waals surface area contributed by atoms with Gasteiger partial charge in [0.1, 0.15) is 0 Å². The molecule has 0 unspecified atom stereocenters. The van der Waals surface area contributed by atoms with Gasteiger partial charge in [-0.05, 0) is 29.8 Å². The van der Waals surface area contributed by atoms with Crippen LogP contribution in [0, 0.1) is 11.3 Å². The first-order valence-corrected chi connectivity index (χ1v) is 9.70. The molecule has 9 heteroatoms. The van der Waals surface area contributed by atoms with Crippen LogP contribution >= 0.6 is 27.7 Å². The minimum Gasteiger partial charge on any atom is -0.335 e. The molecule has 0 radical (unpaired) electrons. The zero-order valence-electron chi connectivity index (χ0n) is 14.1. The molecule has 3 aromatic rings. The molecule has 0 atom stereocenters. The summed E-state index contributed by atoms with van der Waals surface area (Å²) in [6.45, 7) is 0. The summed E-state index contributed by atoms with van der Waals surface area (Å²) in [5.41, 5.74) is 2.40. The topological polar surface area (TPSA) is 110 Å². The van der Waals surface area contributed by atoms with Gasteiger partial charge >= 0.3 is 0 Å². The highest BCUT2D eigenvalue weighted by atomic mass is 79.9. The minimum atomic E-state index is -0.182. The molecule has 3 N–H and O–H groups in total. The summed E-state index contributed by atoms with van der Waals surface area (Å²) in [6.07, 6.45) is 0.343. The van der Waals surface area contributed by atoms with E-state index in [0.29, 0.717) is 23.1 Å². The highest BCUT2D eigenvalue weighted by Crippen LogP contribution is 2.27. The van der Waals surface area contributed by atoms with Gasteiger partial charge in [-0.25, -0.2) is 4.68 Å². The molecule has 0 bridgehead atoms. The summed E-state index contributed by atoms with van der Waals surface area (Å²) in [5, 5.41) is 20.1. The third kappa shape index (κ3) is 4.67. The van der Waals surface area contributed by atoms with E-state index < -0.39 is 0 Å². The predicted octanol–water partition coefficient (Wildman–Crippen LogP) is 3.22. The summed E-state index contributed by atoms with van der Waals surface area (Å²) in [4.78, 5) is 12.1. The smallest absolute Gasteiger partial charge is 0.234 e. The van der Waals surface area contributed by atoms with Crippen LogP contribution in [0.4, 0.5) is 5.69 Å². The fraction of sp³-hybridized carbons (Fsp3) is 0.111. The molecule has 0 fully saturated rings. The van der Waals surface area contributed by atoms with Gasteiger partial charge in [-0.15, -0.1) is 10.2 Å². The predicted molar refractivity (Wildman–Crippen MR) is 108 cm³/mol. The van der Waals surface area contributed by atoms with E-state index in [1.165, 1.54) is 16.4 Å². The number of anilines is 1. The van der Waals surface area contributed by atoms with Crippen molar-refractivity contribution in [2.24, 2.45) is 0 Å². The van der Waals surface area contributed by atoms with E-state index in [0.717, 1.165) is 15.6 Å². The number of hydrogen-bond donors (Lipinski definition) is 2. The van der Waals surface area contributed by atoms with Gasteiger partial charge in [0.05, 0.1) is 18.2 Å². The molecular formula is C18H15BrN6OS. The fourth-order valence-electron chi connectivity index (χ4n) is 2.33. The molecule has 0 spiro atoms. The maximum Gasteiger partial charge on any atom is 0.234 e. The Bertz CT molecular complexity index is 996. The number of nitrogens with zero attached hydrogens (tertiary/aromatic N) is 4. The van der Waals surface area contributed by atoms with Crippen molar-refractivity contribution >= 4 is 39.3 Å². The molecule has 0 saturated heterocycles. The van der Waals surface area contributed by atoms with Crippen LogP contribution in [0.25, 0.3) is 11.4 Å². The van der Waals surface area contributed by atoms with Gasteiger partial charge in [0.25, 0.3) is 0 Å². The SMILES string of the molecule is N#CCc1ccc(NC(=O)CSc2nnc(-c3ccccc3Br)n2N)cc1. The van der Waals surface area contributed by atoms with Crippen LogP contribution in [-0.2, 0) is 11.2 Å². The first-order chi connectivity index (χ1) is 13.1. The van der Waals surface area contributed by atoms with Gasteiger partial charge in [-0.3, -0.25) is 4.79 Å². The van der Waals surface area contributed by atoms with Crippen LogP contribution in [0.5, 0.6) is 0 Å². The molecular weight excluding hydrogens is 428 g/mol. The van der Waals surface area contributed by atoms with Crippen molar-refractivity contribution < 1.29 is 4.79 Å². The van der Waals surface area contributed by atoms with E-state index in [4.69, 9.17) is 11.1 Å². The third-order valence-corrected chi connectivity index (χ3v) is 5.27. The molecule has 7 nitrogen and oxygen atoms in total. The van der Waals surface area contributed by atoms with Crippen LogP contribution in [0.2, 0.25) is 0 Å². The molecule has 1 amide bonds. The number of carbonyl (C=O) groups is 1. The van der Waals surface area contributed by atoms with Crippen molar-refractivity contribution in [2.75, 3.05) is 16.9 Å². The standard InChI is InChI=1S/C18H15BrN6OS/c19-15-4-2-1-3-14(15)17-23-24-18(25(17)21)27-11-16(26)22-13-7-5-12(6-8-13)9-10-20/h1-8H,9,11,21H2,(H,22,26). The second-order valence-electron chi connectivity index (χ2n) is 5.52. The monoisotopic (exact) mass is 442 g/mol. The quantitative estimate of drug-likeness (QED) is 0.447. The van der Waals surface area contributed by atoms with Gasteiger partial charge < -0.3 is 11.2 Å². The van der Waals surface area contributed by atoms with Crippen LogP contribution in [0.15, 0.2) is 58.2 Å². The number of amides is 1. The van der Waals surface area contributed by atoms with Crippen molar-refractivity contribution in [2.45, 2.75) is 11.6 Å². The maximum absolute atomic E-state index is 12.1. The third-order valence-electron chi connectivity index (χ3n) is 3.63. The highest BCUT2D eigenvalue weighted by Gasteiger charge is 2.15. The Labute approximate surface area is 168 Å². The van der Waals surface area contributed by atoms with E-state index in [1.54, 1.807) is 12.1 Å². The van der Waals surface area contributed by atoms with Crippen LogP contribution in [-0.4, -0.2) is 26.5 Å². The molecule has 2 aromatic carbocycles. The van der Waals surface area contributed by atoms with Crippen molar-refractivity contribution in [3.05, 3.63) is 58.6 Å². The number of benzene rings is 2. The maximum atomic E-state index is 12.1. The lowest BCUT2D eigenvalue weighted by molar-refractivity contribution is -0.113. The second-order valence-corrected chi connectivity index (χ2v) is 7.32. The van der Waals surface area contributed by atoms with Crippen LogP contribution in [0.3, 0.4) is 0 Å². The lowest BCUT2D eigenvalue weighted by atomic mass is 10.1. The number of nitrogens with two attached hydrogens (primary N) is 1. The number of carbonyl (C=O) groups excluding carboxylic acids is 1. The first kappa shape index (κ1) is 18.9. The Balaban J connectivity index is 1.61. The summed E-state index contributed by atoms with van der Waals surface area (Å²) in [7, 11) is 0. The largest absolute Gasteiger partial charge is 0.335 e. The Kier molecular flexibility index (Phi) is 6.11. The van der Waals surface area contributed by atoms with Gasteiger partial charge in [0, 0.05) is 15.7 Å². The molecule has 0 aliphatic rings. The molecule has 1 aromatic heterocycles. The second kappa shape index (κ2) is 8.70. The van der Waals surface area contributed by atoms with Gasteiger partial charge in [-0.2, -0.15) is 5.26 Å². The summed E-state index contributed by atoms with van der Waals surface area (Å²) >= 11 is 4.67. The Morgan fingerprint density at radius 3 is 2.67 bits per heavy atom. The molecule has 0 aliphatic carbocycles. The van der Waals surface area contributed by atoms with Crippen molar-refractivity contribution in [1.82, 2.24) is 14.9 Å². The Hall–Kier alpha value is -2.83. The summed E-state index contributed by atoms with van der Waals surface area (Å²) < 4.78 is 2.23. The zero-order chi connectivity index (χ0) is 19.2. The van der Waals surface area contributed by atoms with Crippen LogP contribution in [0.1, 0.15) is 5.56 Å². The molecule has 3 rings (SSSR count). The number of hydrogen-bond acceptors (Lipinski definition) is 6. The zero-order valence-corrected chi connectivity index (χ0v) is 16.5. The number of aromatic nitrogens is 3.